The molecule has 2 heterocycles. The summed E-state index contributed by atoms with van der Waals surface area (Å²) < 4.78 is 45.1. The number of halogens is 1. The second-order valence-corrected chi connectivity index (χ2v) is 8.05. The van der Waals surface area contributed by atoms with Crippen LogP contribution in [0.25, 0.3) is 0 Å². The first kappa shape index (κ1) is 18.6. The van der Waals surface area contributed by atoms with Crippen LogP contribution in [-0.4, -0.2) is 43.2 Å². The highest BCUT2D eigenvalue weighted by Gasteiger charge is 2.31. The summed E-state index contributed by atoms with van der Waals surface area (Å²) in [6.45, 7) is 3.31. The number of benzene rings is 1. The monoisotopic (exact) mass is 380 g/mol. The highest BCUT2D eigenvalue weighted by molar-refractivity contribution is 7.89. The molecule has 6 nitrogen and oxygen atoms in total. The first-order valence-corrected chi connectivity index (χ1v) is 9.99. The molecule has 0 bridgehead atoms. The number of carbonyl (C=O) groups excluding carboxylic acids is 1. The number of furan rings is 1. The zero-order chi connectivity index (χ0) is 18.7. The Bertz CT molecular complexity index is 888. The van der Waals surface area contributed by atoms with Crippen LogP contribution in [0.15, 0.2) is 45.9 Å². The van der Waals surface area contributed by atoms with Crippen LogP contribution in [0.2, 0.25) is 0 Å². The van der Waals surface area contributed by atoms with E-state index >= 15 is 0 Å². The minimum atomic E-state index is -3.70. The Morgan fingerprint density at radius 3 is 2.62 bits per heavy atom. The fourth-order valence-electron chi connectivity index (χ4n) is 2.97. The standard InChI is InChI=1S/C18H21FN2O4S/c1-2-20(13-14-6-5-7-15(19)12-14)18(22)16-8-9-17(25-16)26(23,24)21-10-3-4-11-21/h5-9,12H,2-4,10-11,13H2,1H3. The molecule has 0 atom stereocenters. The molecule has 1 aliphatic rings. The maximum Gasteiger partial charge on any atom is 0.289 e. The SMILES string of the molecule is CCN(Cc1cccc(F)c1)C(=O)c1ccc(S(=O)(=O)N2CCCC2)o1. The van der Waals surface area contributed by atoms with Gasteiger partial charge in [0.1, 0.15) is 5.82 Å². The van der Waals surface area contributed by atoms with Crippen LogP contribution in [0.4, 0.5) is 4.39 Å². The van der Waals surface area contributed by atoms with Gasteiger partial charge in [0, 0.05) is 26.2 Å². The van der Waals surface area contributed by atoms with Gasteiger partial charge in [-0.2, -0.15) is 4.31 Å². The van der Waals surface area contributed by atoms with Gasteiger partial charge in [0.2, 0.25) is 5.09 Å². The third kappa shape index (κ3) is 3.81. The maximum absolute atomic E-state index is 13.3. The second-order valence-electron chi connectivity index (χ2n) is 6.18. The van der Waals surface area contributed by atoms with Gasteiger partial charge < -0.3 is 9.32 Å². The molecule has 1 aliphatic heterocycles. The van der Waals surface area contributed by atoms with Gasteiger partial charge in [-0.1, -0.05) is 12.1 Å². The molecule has 0 N–H and O–H groups in total. The Morgan fingerprint density at radius 1 is 1.23 bits per heavy atom. The third-order valence-electron chi connectivity index (χ3n) is 4.38. The summed E-state index contributed by atoms with van der Waals surface area (Å²) in [5.74, 6) is -0.844. The zero-order valence-corrected chi connectivity index (χ0v) is 15.3. The third-order valence-corrected chi connectivity index (χ3v) is 6.16. The molecule has 0 radical (unpaired) electrons. The van der Waals surface area contributed by atoms with Crippen LogP contribution >= 0.6 is 0 Å². The summed E-state index contributed by atoms with van der Waals surface area (Å²) in [6.07, 6.45) is 1.64. The lowest BCUT2D eigenvalue weighted by Gasteiger charge is -2.20. The first-order valence-electron chi connectivity index (χ1n) is 8.55. The number of hydrogen-bond donors (Lipinski definition) is 0. The number of amides is 1. The van der Waals surface area contributed by atoms with Crippen molar-refractivity contribution in [2.24, 2.45) is 0 Å². The van der Waals surface area contributed by atoms with E-state index in [0.29, 0.717) is 25.2 Å². The van der Waals surface area contributed by atoms with E-state index in [1.807, 2.05) is 0 Å². The lowest BCUT2D eigenvalue weighted by Crippen LogP contribution is -2.30. The minimum absolute atomic E-state index is 0.0407. The van der Waals surface area contributed by atoms with Gasteiger partial charge in [-0.15, -0.1) is 0 Å². The van der Waals surface area contributed by atoms with E-state index in [-0.39, 0.29) is 23.2 Å². The van der Waals surface area contributed by atoms with Crippen molar-refractivity contribution in [1.82, 2.24) is 9.21 Å². The van der Waals surface area contributed by atoms with Gasteiger partial charge >= 0.3 is 0 Å². The van der Waals surface area contributed by atoms with Crippen LogP contribution in [-0.2, 0) is 16.6 Å². The summed E-state index contributed by atoms with van der Waals surface area (Å²) in [5.41, 5.74) is 0.650. The Kier molecular flexibility index (Phi) is 5.43. The maximum atomic E-state index is 13.3. The summed E-state index contributed by atoms with van der Waals surface area (Å²) in [6, 6.07) is 8.70. The van der Waals surface area contributed by atoms with E-state index in [4.69, 9.17) is 4.42 Å². The molecule has 1 fully saturated rings. The Hall–Kier alpha value is -2.19. The predicted octanol–water partition coefficient (Wildman–Crippen LogP) is 2.87. The fraction of sp³-hybridized carbons (Fsp3) is 0.389. The molecule has 1 aromatic heterocycles. The highest BCUT2D eigenvalue weighted by Crippen LogP contribution is 2.23. The fourth-order valence-corrected chi connectivity index (χ4v) is 4.40. The minimum Gasteiger partial charge on any atom is -0.438 e. The average Bonchev–Trinajstić information content (AvgIpc) is 3.31. The van der Waals surface area contributed by atoms with Gasteiger partial charge in [-0.25, -0.2) is 12.8 Å². The van der Waals surface area contributed by atoms with Crippen molar-refractivity contribution < 1.29 is 22.0 Å². The molecule has 3 rings (SSSR count). The molecule has 0 aliphatic carbocycles. The Morgan fingerprint density at radius 2 is 1.96 bits per heavy atom. The molecule has 0 saturated carbocycles. The number of rotatable bonds is 6. The molecule has 8 heteroatoms. The summed E-state index contributed by atoms with van der Waals surface area (Å²) in [7, 11) is -3.70. The van der Waals surface area contributed by atoms with Gasteiger partial charge in [-0.05, 0) is 49.6 Å². The summed E-state index contributed by atoms with van der Waals surface area (Å²) >= 11 is 0. The molecular weight excluding hydrogens is 359 g/mol. The number of carbonyl (C=O) groups is 1. The van der Waals surface area contributed by atoms with Crippen LogP contribution < -0.4 is 0 Å². The van der Waals surface area contributed by atoms with Crippen molar-refractivity contribution in [3.05, 3.63) is 53.5 Å². The molecule has 140 valence electrons. The van der Waals surface area contributed by atoms with E-state index in [1.165, 1.54) is 33.5 Å². The molecule has 1 saturated heterocycles. The highest BCUT2D eigenvalue weighted by atomic mass is 32.2. The lowest BCUT2D eigenvalue weighted by atomic mass is 10.2. The molecular formula is C18H21FN2O4S. The number of sulfonamides is 1. The topological polar surface area (TPSA) is 70.8 Å². The van der Waals surface area contributed by atoms with Crippen molar-refractivity contribution >= 4 is 15.9 Å². The molecule has 2 aromatic rings. The van der Waals surface area contributed by atoms with Gasteiger partial charge in [0.15, 0.2) is 5.76 Å². The van der Waals surface area contributed by atoms with Gasteiger partial charge in [-0.3, -0.25) is 4.79 Å². The smallest absolute Gasteiger partial charge is 0.289 e. The largest absolute Gasteiger partial charge is 0.438 e. The van der Waals surface area contributed by atoms with E-state index in [1.54, 1.807) is 19.1 Å². The second kappa shape index (κ2) is 7.59. The van der Waals surface area contributed by atoms with E-state index in [0.717, 1.165) is 12.8 Å². The summed E-state index contributed by atoms with van der Waals surface area (Å²) in [5, 5.41) is -0.218. The van der Waals surface area contributed by atoms with Crippen molar-refractivity contribution in [3.63, 3.8) is 0 Å². The lowest BCUT2D eigenvalue weighted by molar-refractivity contribution is 0.0714. The molecule has 0 spiro atoms. The van der Waals surface area contributed by atoms with Gasteiger partial charge in [0.25, 0.3) is 15.9 Å². The van der Waals surface area contributed by atoms with Crippen LogP contribution in [0.1, 0.15) is 35.9 Å². The van der Waals surface area contributed by atoms with Crippen molar-refractivity contribution in [3.8, 4) is 0 Å². The van der Waals surface area contributed by atoms with Crippen molar-refractivity contribution in [2.75, 3.05) is 19.6 Å². The van der Waals surface area contributed by atoms with Crippen molar-refractivity contribution in [2.45, 2.75) is 31.4 Å². The van der Waals surface area contributed by atoms with Gasteiger partial charge in [0.05, 0.1) is 0 Å². The molecule has 26 heavy (non-hydrogen) atoms. The Labute approximate surface area is 152 Å². The molecule has 1 amide bonds. The van der Waals surface area contributed by atoms with E-state index in [9.17, 15) is 17.6 Å². The molecule has 0 unspecified atom stereocenters. The average molecular weight is 380 g/mol. The first-order chi connectivity index (χ1) is 12.4. The van der Waals surface area contributed by atoms with E-state index in [2.05, 4.69) is 0 Å². The number of nitrogens with zero attached hydrogens (tertiary/aromatic N) is 2. The summed E-state index contributed by atoms with van der Waals surface area (Å²) in [4.78, 5) is 14.1. The quantitative estimate of drug-likeness (QED) is 0.773. The zero-order valence-electron chi connectivity index (χ0n) is 14.5. The Balaban J connectivity index is 1.77. The number of hydrogen-bond acceptors (Lipinski definition) is 4. The van der Waals surface area contributed by atoms with Crippen LogP contribution in [0.5, 0.6) is 0 Å². The van der Waals surface area contributed by atoms with E-state index < -0.39 is 15.9 Å². The molecule has 1 aromatic carbocycles. The van der Waals surface area contributed by atoms with Crippen molar-refractivity contribution in [1.29, 1.82) is 0 Å². The predicted molar refractivity (Wildman–Crippen MR) is 93.5 cm³/mol. The van der Waals surface area contributed by atoms with Crippen LogP contribution in [0, 0.1) is 5.82 Å². The normalized spacial score (nSPS) is 15.3. The van der Waals surface area contributed by atoms with Crippen LogP contribution in [0.3, 0.4) is 0 Å².